The number of hydrogen-bond donors (Lipinski definition) is 1. The lowest BCUT2D eigenvalue weighted by Gasteiger charge is -2.18. The van der Waals surface area contributed by atoms with Gasteiger partial charge in [-0.05, 0) is 17.7 Å². The standard InChI is InChI=1S/C13H12Cl2F3NO2.ClH/c14-8-2-1-7(11(15)3-8)4-19-5-9(12(20)21)10(6-19)13(16,17)18;/h1-3,9-10H,4-6H2,(H,20,21);1H/t9-,10-;/m1./s1. The van der Waals surface area contributed by atoms with Crippen molar-refractivity contribution in [2.75, 3.05) is 13.1 Å². The molecule has 1 saturated heterocycles. The van der Waals surface area contributed by atoms with Gasteiger partial charge in [0.15, 0.2) is 0 Å². The Morgan fingerprint density at radius 1 is 1.32 bits per heavy atom. The topological polar surface area (TPSA) is 40.5 Å². The Kier molecular flexibility index (Phi) is 6.38. The predicted octanol–water partition coefficient (Wildman–Crippen LogP) is 4.11. The predicted molar refractivity (Wildman–Crippen MR) is 79.7 cm³/mol. The molecule has 1 aliphatic rings. The van der Waals surface area contributed by atoms with E-state index in [1.165, 1.54) is 11.0 Å². The Labute approximate surface area is 141 Å². The van der Waals surface area contributed by atoms with E-state index in [4.69, 9.17) is 28.3 Å². The molecular weight excluding hydrogens is 366 g/mol. The van der Waals surface area contributed by atoms with Gasteiger partial charge in [-0.2, -0.15) is 13.2 Å². The summed E-state index contributed by atoms with van der Waals surface area (Å²) < 4.78 is 38.6. The second kappa shape index (κ2) is 7.25. The van der Waals surface area contributed by atoms with Gasteiger partial charge in [-0.1, -0.05) is 29.3 Å². The third-order valence-corrected chi connectivity index (χ3v) is 4.13. The number of hydrogen-bond acceptors (Lipinski definition) is 2. The lowest BCUT2D eigenvalue weighted by Crippen LogP contribution is -2.33. The molecule has 0 unspecified atom stereocenters. The van der Waals surface area contributed by atoms with Crippen LogP contribution in [-0.4, -0.2) is 35.2 Å². The maximum Gasteiger partial charge on any atom is 0.393 e. The lowest BCUT2D eigenvalue weighted by atomic mass is 9.96. The Balaban J connectivity index is 0.00000242. The van der Waals surface area contributed by atoms with Gasteiger partial charge in [0, 0.05) is 29.7 Å². The smallest absolute Gasteiger partial charge is 0.393 e. The molecule has 1 aromatic rings. The van der Waals surface area contributed by atoms with E-state index in [2.05, 4.69) is 0 Å². The van der Waals surface area contributed by atoms with E-state index < -0.39 is 24.0 Å². The zero-order valence-corrected chi connectivity index (χ0v) is 13.4. The van der Waals surface area contributed by atoms with E-state index in [1.807, 2.05) is 0 Å². The van der Waals surface area contributed by atoms with Crippen molar-refractivity contribution in [1.82, 2.24) is 4.90 Å². The number of nitrogens with zero attached hydrogens (tertiary/aromatic N) is 1. The Hall–Kier alpha value is -0.690. The van der Waals surface area contributed by atoms with Crippen LogP contribution in [0.5, 0.6) is 0 Å². The van der Waals surface area contributed by atoms with Crippen molar-refractivity contribution in [3.63, 3.8) is 0 Å². The van der Waals surface area contributed by atoms with Gasteiger partial charge in [-0.15, -0.1) is 12.4 Å². The third kappa shape index (κ3) is 4.41. The summed E-state index contributed by atoms with van der Waals surface area (Å²) in [6, 6.07) is 4.72. The fourth-order valence-corrected chi connectivity index (χ4v) is 2.96. The van der Waals surface area contributed by atoms with E-state index in [9.17, 15) is 18.0 Å². The second-order valence-corrected chi connectivity index (χ2v) is 5.87. The maximum absolute atomic E-state index is 12.9. The van der Waals surface area contributed by atoms with Crippen molar-refractivity contribution in [1.29, 1.82) is 0 Å². The molecule has 2 atom stereocenters. The van der Waals surface area contributed by atoms with E-state index in [0.29, 0.717) is 15.6 Å². The van der Waals surface area contributed by atoms with Crippen LogP contribution in [0.1, 0.15) is 5.56 Å². The van der Waals surface area contributed by atoms with Crippen LogP contribution in [0.2, 0.25) is 10.0 Å². The van der Waals surface area contributed by atoms with E-state index in [1.54, 1.807) is 12.1 Å². The molecule has 22 heavy (non-hydrogen) atoms. The number of rotatable bonds is 3. The molecule has 0 amide bonds. The van der Waals surface area contributed by atoms with E-state index >= 15 is 0 Å². The van der Waals surface area contributed by atoms with Crippen LogP contribution in [0.15, 0.2) is 18.2 Å². The minimum Gasteiger partial charge on any atom is -0.481 e. The summed E-state index contributed by atoms with van der Waals surface area (Å²) in [5.74, 6) is -4.74. The van der Waals surface area contributed by atoms with Crippen LogP contribution in [0.25, 0.3) is 0 Å². The van der Waals surface area contributed by atoms with Gasteiger partial charge in [0.1, 0.15) is 0 Å². The highest BCUT2D eigenvalue weighted by atomic mass is 35.5. The van der Waals surface area contributed by atoms with Crippen molar-refractivity contribution < 1.29 is 23.1 Å². The van der Waals surface area contributed by atoms with E-state index in [-0.39, 0.29) is 32.0 Å². The Morgan fingerprint density at radius 2 is 1.95 bits per heavy atom. The fraction of sp³-hybridized carbons (Fsp3) is 0.462. The summed E-state index contributed by atoms with van der Waals surface area (Å²) in [4.78, 5) is 12.4. The quantitative estimate of drug-likeness (QED) is 0.860. The molecule has 1 aliphatic heterocycles. The second-order valence-electron chi connectivity index (χ2n) is 5.02. The SMILES string of the molecule is Cl.O=C(O)[C@@H]1CN(Cc2ccc(Cl)cc2Cl)C[C@H]1C(F)(F)F. The first-order valence-electron chi connectivity index (χ1n) is 6.14. The van der Waals surface area contributed by atoms with Gasteiger partial charge in [0.05, 0.1) is 11.8 Å². The summed E-state index contributed by atoms with van der Waals surface area (Å²) >= 11 is 11.7. The molecule has 3 nitrogen and oxygen atoms in total. The van der Waals surface area contributed by atoms with Gasteiger partial charge < -0.3 is 5.11 Å². The van der Waals surface area contributed by atoms with Crippen LogP contribution in [0.3, 0.4) is 0 Å². The van der Waals surface area contributed by atoms with Crippen molar-refractivity contribution in [2.24, 2.45) is 11.8 Å². The Morgan fingerprint density at radius 3 is 2.41 bits per heavy atom. The normalized spacial score (nSPS) is 22.4. The molecule has 1 fully saturated rings. The average Bonchev–Trinajstić information content (AvgIpc) is 2.77. The highest BCUT2D eigenvalue weighted by Crippen LogP contribution is 2.38. The highest BCUT2D eigenvalue weighted by molar-refractivity contribution is 6.35. The first-order valence-corrected chi connectivity index (χ1v) is 6.90. The van der Waals surface area contributed by atoms with Crippen LogP contribution >= 0.6 is 35.6 Å². The minimum absolute atomic E-state index is 0. The number of aliphatic carboxylic acids is 1. The number of alkyl halides is 3. The first-order chi connectivity index (χ1) is 9.68. The summed E-state index contributed by atoms with van der Waals surface area (Å²) in [6.45, 7) is -0.343. The molecule has 9 heteroatoms. The molecule has 0 spiro atoms. The molecule has 0 aromatic heterocycles. The molecule has 124 valence electrons. The largest absolute Gasteiger partial charge is 0.481 e. The molecule has 1 aromatic carbocycles. The molecule has 2 rings (SSSR count). The van der Waals surface area contributed by atoms with Crippen LogP contribution in [0, 0.1) is 11.8 Å². The van der Waals surface area contributed by atoms with Crippen LogP contribution in [0.4, 0.5) is 13.2 Å². The zero-order valence-electron chi connectivity index (χ0n) is 11.1. The number of carboxylic acid groups (broad SMARTS) is 1. The number of likely N-dealkylation sites (tertiary alicyclic amines) is 1. The minimum atomic E-state index is -4.53. The number of halogens is 6. The highest BCUT2D eigenvalue weighted by Gasteiger charge is 2.52. The maximum atomic E-state index is 12.9. The molecule has 1 N–H and O–H groups in total. The molecule has 0 aliphatic carbocycles. The zero-order chi connectivity index (χ0) is 15.8. The average molecular weight is 379 g/mol. The lowest BCUT2D eigenvalue weighted by molar-refractivity contribution is -0.188. The number of benzene rings is 1. The summed E-state index contributed by atoms with van der Waals surface area (Å²) in [6.07, 6.45) is -4.53. The van der Waals surface area contributed by atoms with Crippen LogP contribution < -0.4 is 0 Å². The van der Waals surface area contributed by atoms with Gasteiger partial charge in [0.25, 0.3) is 0 Å². The van der Waals surface area contributed by atoms with Crippen LogP contribution in [-0.2, 0) is 11.3 Å². The third-order valence-electron chi connectivity index (χ3n) is 3.54. The van der Waals surface area contributed by atoms with Gasteiger partial charge in [-0.25, -0.2) is 0 Å². The molecule has 0 bridgehead atoms. The monoisotopic (exact) mass is 377 g/mol. The van der Waals surface area contributed by atoms with Gasteiger partial charge in [0.2, 0.25) is 0 Å². The van der Waals surface area contributed by atoms with Crippen molar-refractivity contribution in [2.45, 2.75) is 12.7 Å². The Bertz CT molecular complexity index is 554. The van der Waals surface area contributed by atoms with Crippen molar-refractivity contribution >= 4 is 41.6 Å². The number of carbonyl (C=O) groups is 1. The number of carboxylic acids is 1. The van der Waals surface area contributed by atoms with Gasteiger partial charge in [-0.3, -0.25) is 9.69 Å². The van der Waals surface area contributed by atoms with Crippen molar-refractivity contribution in [3.05, 3.63) is 33.8 Å². The van der Waals surface area contributed by atoms with Gasteiger partial charge >= 0.3 is 12.1 Å². The molecule has 0 radical (unpaired) electrons. The molecule has 0 saturated carbocycles. The summed E-state index contributed by atoms with van der Waals surface area (Å²) in [5.41, 5.74) is 0.619. The molecular formula is C13H13Cl3F3NO2. The van der Waals surface area contributed by atoms with Crippen molar-refractivity contribution in [3.8, 4) is 0 Å². The first kappa shape index (κ1) is 19.4. The summed E-state index contributed by atoms with van der Waals surface area (Å²) in [7, 11) is 0. The van der Waals surface area contributed by atoms with E-state index in [0.717, 1.165) is 0 Å². The fourth-order valence-electron chi connectivity index (χ4n) is 2.49. The summed E-state index contributed by atoms with van der Waals surface area (Å²) in [5, 5.41) is 9.74. The molecule has 1 heterocycles.